The zero-order chi connectivity index (χ0) is 6.20. The third-order valence-corrected chi connectivity index (χ3v) is 3.29. The van der Waals surface area contributed by atoms with Crippen LogP contribution in [0, 0.1) is 0 Å². The molecule has 0 aromatic rings. The molecule has 0 saturated carbocycles. The van der Waals surface area contributed by atoms with Gasteiger partial charge in [-0.15, -0.1) is 0 Å². The molecule has 0 amide bonds. The van der Waals surface area contributed by atoms with Crippen LogP contribution >= 0.6 is 0 Å². The molecular weight excluding hydrogens is 126 g/mol. The molecule has 0 aliphatic carbocycles. The first-order chi connectivity index (χ1) is 3.63. The predicted octanol–water partition coefficient (Wildman–Crippen LogP) is -0.302. The van der Waals surface area contributed by atoms with Crippen molar-refractivity contribution in [3.8, 4) is 0 Å². The zero-order valence-electron chi connectivity index (χ0n) is 4.72. The lowest BCUT2D eigenvalue weighted by molar-refractivity contribution is 0.587. The summed E-state index contributed by atoms with van der Waals surface area (Å²) in [4.78, 5) is 0. The topological polar surface area (TPSA) is 46.2 Å². The summed E-state index contributed by atoms with van der Waals surface area (Å²) in [6.07, 6.45) is 0.752. The minimum absolute atomic E-state index is 0.178. The number of rotatable bonds is 0. The fraction of sp³-hybridized carbons (Fsp3) is 1.00. The summed E-state index contributed by atoms with van der Waals surface area (Å²) in [5.41, 5.74) is 0. The summed E-state index contributed by atoms with van der Waals surface area (Å²) in [6, 6.07) is 0. The van der Waals surface area contributed by atoms with Crippen LogP contribution in [0.3, 0.4) is 0 Å². The molecule has 1 aliphatic rings. The maximum atomic E-state index is 10.7. The highest BCUT2D eigenvalue weighted by atomic mass is 32.2. The van der Waals surface area contributed by atoms with Gasteiger partial charge < -0.3 is 0 Å². The van der Waals surface area contributed by atoms with Gasteiger partial charge in [-0.05, 0) is 13.3 Å². The summed E-state index contributed by atoms with van der Waals surface area (Å²) in [7, 11) is -2.87. The van der Waals surface area contributed by atoms with Crippen LogP contribution in [0.15, 0.2) is 0 Å². The molecule has 1 aliphatic heterocycles. The third kappa shape index (κ3) is 0.855. The Morgan fingerprint density at radius 2 is 2.25 bits per heavy atom. The highest BCUT2D eigenvalue weighted by Gasteiger charge is 2.25. The first-order valence-corrected chi connectivity index (χ1v) is 4.16. The first-order valence-electron chi connectivity index (χ1n) is 2.61. The molecule has 0 bridgehead atoms. The summed E-state index contributed by atoms with van der Waals surface area (Å²) in [5.74, 6) is 0. The van der Waals surface area contributed by atoms with Gasteiger partial charge in [0, 0.05) is 6.54 Å². The van der Waals surface area contributed by atoms with Gasteiger partial charge in [0.25, 0.3) is 0 Å². The average molecular weight is 135 g/mol. The second-order valence-electron chi connectivity index (χ2n) is 2.04. The van der Waals surface area contributed by atoms with Gasteiger partial charge in [0.15, 0.2) is 0 Å². The van der Waals surface area contributed by atoms with Gasteiger partial charge in [0.2, 0.25) is 10.0 Å². The van der Waals surface area contributed by atoms with Gasteiger partial charge in [-0.1, -0.05) is 0 Å². The van der Waals surface area contributed by atoms with E-state index in [9.17, 15) is 8.42 Å². The van der Waals surface area contributed by atoms with E-state index in [2.05, 4.69) is 4.72 Å². The fourth-order valence-corrected chi connectivity index (χ4v) is 1.82. The maximum Gasteiger partial charge on any atom is 0.214 e. The average Bonchev–Trinajstić information content (AvgIpc) is 1.86. The van der Waals surface area contributed by atoms with Crippen LogP contribution < -0.4 is 4.72 Å². The van der Waals surface area contributed by atoms with Gasteiger partial charge in [-0.3, -0.25) is 0 Å². The van der Waals surface area contributed by atoms with Crippen LogP contribution in [-0.2, 0) is 10.0 Å². The predicted molar refractivity (Wildman–Crippen MR) is 31.0 cm³/mol. The van der Waals surface area contributed by atoms with E-state index in [1.54, 1.807) is 6.92 Å². The van der Waals surface area contributed by atoms with E-state index in [1.807, 2.05) is 0 Å². The van der Waals surface area contributed by atoms with Gasteiger partial charge in [0.05, 0.1) is 5.25 Å². The molecule has 0 aromatic heterocycles. The minimum Gasteiger partial charge on any atom is -0.215 e. The van der Waals surface area contributed by atoms with E-state index >= 15 is 0 Å². The second-order valence-corrected chi connectivity index (χ2v) is 4.22. The van der Waals surface area contributed by atoms with Crippen LogP contribution in [0.5, 0.6) is 0 Å². The van der Waals surface area contributed by atoms with E-state index in [1.165, 1.54) is 0 Å². The van der Waals surface area contributed by atoms with Crippen molar-refractivity contribution in [1.82, 2.24) is 4.72 Å². The Morgan fingerprint density at radius 3 is 2.38 bits per heavy atom. The van der Waals surface area contributed by atoms with Gasteiger partial charge in [-0.2, -0.15) is 0 Å². The quantitative estimate of drug-likeness (QED) is 0.495. The lowest BCUT2D eigenvalue weighted by Gasteiger charge is -1.95. The molecule has 1 rings (SSSR count). The molecular formula is C4H9NO2S. The summed E-state index contributed by atoms with van der Waals surface area (Å²) in [5, 5.41) is -0.178. The van der Waals surface area contributed by atoms with Crippen LogP contribution in [-0.4, -0.2) is 20.2 Å². The van der Waals surface area contributed by atoms with Crippen molar-refractivity contribution in [1.29, 1.82) is 0 Å². The van der Waals surface area contributed by atoms with Crippen molar-refractivity contribution in [2.45, 2.75) is 18.6 Å². The lowest BCUT2D eigenvalue weighted by atomic mass is 10.3. The molecule has 1 N–H and O–H groups in total. The maximum absolute atomic E-state index is 10.7. The Labute approximate surface area is 49.1 Å². The second kappa shape index (κ2) is 1.70. The fourth-order valence-electron chi connectivity index (χ4n) is 0.702. The van der Waals surface area contributed by atoms with Gasteiger partial charge in [0.1, 0.15) is 0 Å². The van der Waals surface area contributed by atoms with Crippen molar-refractivity contribution in [3.05, 3.63) is 0 Å². The molecule has 8 heavy (non-hydrogen) atoms. The number of nitrogens with one attached hydrogen (secondary N) is 1. The Kier molecular flexibility index (Phi) is 1.28. The molecule has 0 spiro atoms. The molecule has 1 atom stereocenters. The number of hydrogen-bond donors (Lipinski definition) is 1. The molecule has 48 valence electrons. The smallest absolute Gasteiger partial charge is 0.214 e. The van der Waals surface area contributed by atoms with E-state index in [4.69, 9.17) is 0 Å². The Bertz CT molecular complexity index is 172. The Hall–Kier alpha value is -0.0900. The highest BCUT2D eigenvalue weighted by molar-refractivity contribution is 7.90. The summed E-state index contributed by atoms with van der Waals surface area (Å²) < 4.78 is 23.7. The number of sulfonamides is 1. The minimum atomic E-state index is -2.87. The van der Waals surface area contributed by atoms with E-state index in [0.717, 1.165) is 6.42 Å². The zero-order valence-corrected chi connectivity index (χ0v) is 5.53. The van der Waals surface area contributed by atoms with Crippen molar-refractivity contribution >= 4 is 10.0 Å². The standard InChI is InChI=1S/C4H9NO2S/c1-4-2-3-5-8(4,6)7/h4-5H,2-3H2,1H3. The monoisotopic (exact) mass is 135 g/mol. The van der Waals surface area contributed by atoms with Crippen molar-refractivity contribution in [2.24, 2.45) is 0 Å². The van der Waals surface area contributed by atoms with E-state index in [-0.39, 0.29) is 5.25 Å². The van der Waals surface area contributed by atoms with E-state index < -0.39 is 10.0 Å². The van der Waals surface area contributed by atoms with Crippen molar-refractivity contribution in [3.63, 3.8) is 0 Å². The van der Waals surface area contributed by atoms with Crippen molar-refractivity contribution < 1.29 is 8.42 Å². The summed E-state index contributed by atoms with van der Waals surface area (Å²) >= 11 is 0. The normalized spacial score (nSPS) is 35.4. The summed E-state index contributed by atoms with van der Waals surface area (Å²) in [6.45, 7) is 2.33. The Balaban J connectivity index is 2.85. The molecule has 1 saturated heterocycles. The lowest BCUT2D eigenvalue weighted by Crippen LogP contribution is -2.20. The molecule has 1 fully saturated rings. The molecule has 1 heterocycles. The van der Waals surface area contributed by atoms with E-state index in [0.29, 0.717) is 6.54 Å². The first kappa shape index (κ1) is 6.04. The largest absolute Gasteiger partial charge is 0.215 e. The highest BCUT2D eigenvalue weighted by Crippen LogP contribution is 2.08. The van der Waals surface area contributed by atoms with Crippen LogP contribution in [0.1, 0.15) is 13.3 Å². The van der Waals surface area contributed by atoms with Crippen molar-refractivity contribution in [2.75, 3.05) is 6.54 Å². The molecule has 0 radical (unpaired) electrons. The molecule has 4 heteroatoms. The van der Waals surface area contributed by atoms with Crippen LogP contribution in [0.25, 0.3) is 0 Å². The van der Waals surface area contributed by atoms with Gasteiger partial charge in [-0.25, -0.2) is 13.1 Å². The van der Waals surface area contributed by atoms with Crippen LogP contribution in [0.2, 0.25) is 0 Å². The molecule has 3 nitrogen and oxygen atoms in total. The Morgan fingerprint density at radius 1 is 1.62 bits per heavy atom. The third-order valence-electron chi connectivity index (χ3n) is 1.38. The SMILES string of the molecule is CC1CCNS1(=O)=O. The molecule has 1 unspecified atom stereocenters. The van der Waals surface area contributed by atoms with Gasteiger partial charge >= 0.3 is 0 Å². The molecule has 0 aromatic carbocycles. The van der Waals surface area contributed by atoms with Crippen LogP contribution in [0.4, 0.5) is 0 Å². The number of hydrogen-bond acceptors (Lipinski definition) is 2.